The van der Waals surface area contributed by atoms with Crippen molar-refractivity contribution in [1.82, 2.24) is 19.7 Å². The van der Waals surface area contributed by atoms with Gasteiger partial charge in [0, 0.05) is 51.7 Å². The van der Waals surface area contributed by atoms with E-state index in [9.17, 15) is 9.59 Å². The normalized spacial score (nSPS) is 20.7. The number of likely N-dealkylation sites (tertiary alicyclic amines) is 1. The molecular weight excluding hydrogens is 404 g/mol. The van der Waals surface area contributed by atoms with Crippen molar-refractivity contribution in [3.63, 3.8) is 0 Å². The lowest BCUT2D eigenvalue weighted by molar-refractivity contribution is -0.122. The fourth-order valence-electron chi connectivity index (χ4n) is 4.36. The Balaban J connectivity index is 1.22. The van der Waals surface area contributed by atoms with Crippen LogP contribution in [-0.2, 0) is 11.3 Å². The molecule has 1 aromatic carbocycles. The molecule has 7 nitrogen and oxygen atoms in total. The second kappa shape index (κ2) is 10.7. The van der Waals surface area contributed by atoms with Gasteiger partial charge in [0.25, 0.3) is 5.91 Å². The highest BCUT2D eigenvalue weighted by atomic mass is 16.3. The third-order valence-corrected chi connectivity index (χ3v) is 6.35. The lowest BCUT2D eigenvalue weighted by atomic mass is 9.94. The highest BCUT2D eigenvalue weighted by Gasteiger charge is 2.28. The van der Waals surface area contributed by atoms with Gasteiger partial charge in [0.15, 0.2) is 5.69 Å². The van der Waals surface area contributed by atoms with Gasteiger partial charge < -0.3 is 9.32 Å². The van der Waals surface area contributed by atoms with Gasteiger partial charge in [-0.15, -0.1) is 0 Å². The van der Waals surface area contributed by atoms with Crippen LogP contribution < -0.4 is 0 Å². The van der Waals surface area contributed by atoms with Gasteiger partial charge in [-0.05, 0) is 25.3 Å². The van der Waals surface area contributed by atoms with Crippen molar-refractivity contribution in [2.24, 2.45) is 5.92 Å². The summed E-state index contributed by atoms with van der Waals surface area (Å²) in [5.74, 6) is 0.530. The summed E-state index contributed by atoms with van der Waals surface area (Å²) in [6.07, 6.45) is 7.55. The van der Waals surface area contributed by atoms with E-state index < -0.39 is 0 Å². The van der Waals surface area contributed by atoms with E-state index in [0.29, 0.717) is 31.2 Å². The van der Waals surface area contributed by atoms with Gasteiger partial charge in [0.1, 0.15) is 12.0 Å². The van der Waals surface area contributed by atoms with Crippen LogP contribution in [0.2, 0.25) is 0 Å². The van der Waals surface area contributed by atoms with Crippen molar-refractivity contribution in [2.45, 2.75) is 26.3 Å². The Hall–Kier alpha value is -2.77. The summed E-state index contributed by atoms with van der Waals surface area (Å²) in [6.45, 7) is 8.18. The smallest absolute Gasteiger partial charge is 0.275 e. The fraction of sp³-hybridized carbons (Fsp3) is 0.480. The highest BCUT2D eigenvalue weighted by molar-refractivity contribution is 5.92. The Bertz CT molecular complexity index is 932. The molecule has 2 aliphatic heterocycles. The second-order valence-electron chi connectivity index (χ2n) is 8.72. The molecule has 1 aromatic heterocycles. The second-order valence-corrected chi connectivity index (χ2v) is 8.72. The number of hydrogen-bond acceptors (Lipinski definition) is 6. The molecule has 2 saturated heterocycles. The SMILES string of the molecule is CC(=O)[C@@H]1CCCN(C(=O)c2coc(CN3CCN(C/C=C/c4ccccc4)CC3)n2)C1. The molecule has 0 aliphatic carbocycles. The molecule has 7 heteroatoms. The Labute approximate surface area is 189 Å². The first kappa shape index (κ1) is 22.4. The van der Waals surface area contributed by atoms with E-state index in [0.717, 1.165) is 45.6 Å². The van der Waals surface area contributed by atoms with Crippen molar-refractivity contribution in [1.29, 1.82) is 0 Å². The van der Waals surface area contributed by atoms with Crippen molar-refractivity contribution in [3.05, 3.63) is 59.8 Å². The van der Waals surface area contributed by atoms with Crippen LogP contribution in [0.3, 0.4) is 0 Å². The lowest BCUT2D eigenvalue weighted by Gasteiger charge is -2.33. The number of rotatable bonds is 7. The summed E-state index contributed by atoms with van der Waals surface area (Å²) in [6, 6.07) is 10.3. The number of carbonyl (C=O) groups excluding carboxylic acids is 2. The average Bonchev–Trinajstić information content (AvgIpc) is 3.29. The number of carbonyl (C=O) groups is 2. The first-order valence-corrected chi connectivity index (χ1v) is 11.5. The molecule has 4 rings (SSSR count). The number of Topliss-reactive ketones (excluding diaryl/α,β-unsaturated/α-hetero) is 1. The monoisotopic (exact) mass is 436 g/mol. The van der Waals surface area contributed by atoms with Crippen LogP contribution in [-0.4, -0.2) is 77.2 Å². The molecule has 2 aliphatic rings. The van der Waals surface area contributed by atoms with Gasteiger partial charge in [0.05, 0.1) is 6.54 Å². The number of piperazine rings is 1. The largest absolute Gasteiger partial charge is 0.447 e. The summed E-state index contributed by atoms with van der Waals surface area (Å²) in [5.41, 5.74) is 1.57. The van der Waals surface area contributed by atoms with Crippen LogP contribution in [0.15, 0.2) is 47.1 Å². The average molecular weight is 437 g/mol. The molecule has 0 bridgehead atoms. The van der Waals surface area contributed by atoms with Gasteiger partial charge in [-0.3, -0.25) is 19.4 Å². The Morgan fingerprint density at radius 1 is 1.09 bits per heavy atom. The Morgan fingerprint density at radius 3 is 2.59 bits per heavy atom. The van der Waals surface area contributed by atoms with Crippen LogP contribution in [0.25, 0.3) is 6.08 Å². The summed E-state index contributed by atoms with van der Waals surface area (Å²) in [7, 11) is 0. The van der Waals surface area contributed by atoms with E-state index in [1.165, 1.54) is 11.8 Å². The van der Waals surface area contributed by atoms with Crippen LogP contribution in [0.4, 0.5) is 0 Å². The third kappa shape index (κ3) is 5.93. The van der Waals surface area contributed by atoms with Gasteiger partial charge in [0.2, 0.25) is 5.89 Å². The van der Waals surface area contributed by atoms with Crippen LogP contribution >= 0.6 is 0 Å². The van der Waals surface area contributed by atoms with Crippen molar-refractivity contribution < 1.29 is 14.0 Å². The van der Waals surface area contributed by atoms with Crippen molar-refractivity contribution in [2.75, 3.05) is 45.8 Å². The minimum absolute atomic E-state index is 0.0575. The number of ketones is 1. The molecule has 0 unspecified atom stereocenters. The molecule has 0 spiro atoms. The molecule has 0 saturated carbocycles. The maximum atomic E-state index is 12.8. The Morgan fingerprint density at radius 2 is 1.84 bits per heavy atom. The number of oxazole rings is 1. The topological polar surface area (TPSA) is 69.9 Å². The van der Waals surface area contributed by atoms with Gasteiger partial charge in [-0.1, -0.05) is 42.5 Å². The predicted octanol–water partition coefficient (Wildman–Crippen LogP) is 2.95. The molecule has 0 N–H and O–H groups in total. The summed E-state index contributed by atoms with van der Waals surface area (Å²) < 4.78 is 5.60. The fourth-order valence-corrected chi connectivity index (χ4v) is 4.36. The number of nitrogens with zero attached hydrogens (tertiary/aromatic N) is 4. The van der Waals surface area contributed by atoms with E-state index in [-0.39, 0.29) is 17.6 Å². The number of aromatic nitrogens is 1. The molecule has 32 heavy (non-hydrogen) atoms. The van der Waals surface area contributed by atoms with E-state index in [1.807, 2.05) is 6.07 Å². The Kier molecular flexibility index (Phi) is 7.50. The summed E-state index contributed by atoms with van der Waals surface area (Å²) in [4.78, 5) is 35.4. The first-order chi connectivity index (χ1) is 15.6. The van der Waals surface area contributed by atoms with E-state index in [2.05, 4.69) is 51.2 Å². The molecule has 0 radical (unpaired) electrons. The quantitative estimate of drug-likeness (QED) is 0.665. The third-order valence-electron chi connectivity index (χ3n) is 6.35. The number of piperidine rings is 1. The van der Waals surface area contributed by atoms with Gasteiger partial charge >= 0.3 is 0 Å². The zero-order valence-electron chi connectivity index (χ0n) is 18.8. The molecule has 170 valence electrons. The summed E-state index contributed by atoms with van der Waals surface area (Å²) in [5, 5.41) is 0. The molecule has 3 heterocycles. The first-order valence-electron chi connectivity index (χ1n) is 11.5. The number of benzene rings is 1. The standard InChI is InChI=1S/C25H32N4O3/c1-20(30)22-10-6-12-29(17-22)25(31)23-19-32-24(26-23)18-28-15-13-27(14-16-28)11-5-9-21-7-3-2-4-8-21/h2-5,7-9,19,22H,6,10-18H2,1H3/b9-5+/t22-/m1/s1. The van der Waals surface area contributed by atoms with Gasteiger partial charge in [-0.2, -0.15) is 0 Å². The molecule has 2 fully saturated rings. The van der Waals surface area contributed by atoms with Crippen LogP contribution in [0.1, 0.15) is 41.7 Å². The summed E-state index contributed by atoms with van der Waals surface area (Å²) >= 11 is 0. The minimum atomic E-state index is -0.138. The number of amides is 1. The van der Waals surface area contributed by atoms with E-state index >= 15 is 0 Å². The van der Waals surface area contributed by atoms with Crippen LogP contribution in [0, 0.1) is 5.92 Å². The maximum Gasteiger partial charge on any atom is 0.275 e. The van der Waals surface area contributed by atoms with Crippen molar-refractivity contribution >= 4 is 17.8 Å². The van der Waals surface area contributed by atoms with E-state index in [1.54, 1.807) is 11.8 Å². The molecular formula is C25H32N4O3. The van der Waals surface area contributed by atoms with Gasteiger partial charge in [-0.25, -0.2) is 4.98 Å². The zero-order chi connectivity index (χ0) is 22.3. The predicted molar refractivity (Wildman–Crippen MR) is 123 cm³/mol. The molecule has 1 atom stereocenters. The lowest BCUT2D eigenvalue weighted by Crippen LogP contribution is -2.45. The highest BCUT2D eigenvalue weighted by Crippen LogP contribution is 2.19. The molecule has 1 amide bonds. The minimum Gasteiger partial charge on any atom is -0.447 e. The zero-order valence-corrected chi connectivity index (χ0v) is 18.8. The molecule has 2 aromatic rings. The van der Waals surface area contributed by atoms with Crippen LogP contribution in [0.5, 0.6) is 0 Å². The maximum absolute atomic E-state index is 12.8. The van der Waals surface area contributed by atoms with E-state index in [4.69, 9.17) is 4.42 Å². The number of hydrogen-bond donors (Lipinski definition) is 0. The van der Waals surface area contributed by atoms with Crippen molar-refractivity contribution in [3.8, 4) is 0 Å².